The number of halogens is 3. The van der Waals surface area contributed by atoms with Gasteiger partial charge in [-0.3, -0.25) is 4.79 Å². The molecule has 0 amide bonds. The molecule has 0 radical (unpaired) electrons. The number of aliphatic carboxylic acids is 1. The first-order valence-electron chi connectivity index (χ1n) is 9.51. The Labute approximate surface area is 194 Å². The number of rotatable bonds is 6. The van der Waals surface area contributed by atoms with Crippen LogP contribution in [0, 0.1) is 0 Å². The van der Waals surface area contributed by atoms with Crippen LogP contribution in [0.5, 0.6) is 11.8 Å². The molecule has 1 saturated heterocycles. The predicted molar refractivity (Wildman–Crippen MR) is 112 cm³/mol. The quantitative estimate of drug-likeness (QED) is 0.515. The molecule has 2 aromatic heterocycles. The molecule has 3 heterocycles. The van der Waals surface area contributed by atoms with Gasteiger partial charge in [0.05, 0.1) is 22.9 Å². The summed E-state index contributed by atoms with van der Waals surface area (Å²) in [6.45, 7) is -0.262. The third-order valence-corrected chi connectivity index (χ3v) is 7.81. The Morgan fingerprint density at radius 1 is 1.21 bits per heavy atom. The number of carboxylic acid groups (broad SMARTS) is 1. The number of hydrogen-bond acceptors (Lipinski definition) is 10. The predicted octanol–water partition coefficient (Wildman–Crippen LogP) is 1.96. The highest BCUT2D eigenvalue weighted by Crippen LogP contribution is 2.32. The third kappa shape index (κ3) is 4.83. The van der Waals surface area contributed by atoms with Crippen molar-refractivity contribution >= 4 is 42.8 Å². The number of thiazole rings is 1. The number of aromatic nitrogens is 3. The molecule has 3 aromatic rings. The van der Waals surface area contributed by atoms with Crippen LogP contribution in [0.15, 0.2) is 35.4 Å². The number of fused-ring (bicyclic) bond motifs is 1. The van der Waals surface area contributed by atoms with Gasteiger partial charge in [0.25, 0.3) is 0 Å². The summed E-state index contributed by atoms with van der Waals surface area (Å²) >= 11 is 1.22. The molecule has 0 bridgehead atoms. The Morgan fingerprint density at radius 3 is 2.53 bits per heavy atom. The molecule has 0 unspecified atom stereocenters. The topological polar surface area (TPSA) is 135 Å². The van der Waals surface area contributed by atoms with Crippen molar-refractivity contribution in [1.82, 2.24) is 19.3 Å². The average Bonchev–Trinajstić information content (AvgIpc) is 3.21. The van der Waals surface area contributed by atoms with E-state index in [2.05, 4.69) is 19.7 Å². The summed E-state index contributed by atoms with van der Waals surface area (Å²) in [5.74, 6) is -1.98. The minimum Gasteiger partial charge on any atom is -0.480 e. The van der Waals surface area contributed by atoms with Crippen LogP contribution in [0.3, 0.4) is 0 Å². The van der Waals surface area contributed by atoms with Gasteiger partial charge in [0.1, 0.15) is 11.8 Å². The van der Waals surface area contributed by atoms with Crippen molar-refractivity contribution in [2.24, 2.45) is 0 Å². The fraction of sp³-hybridized carbons (Fsp3) is 0.333. The van der Waals surface area contributed by atoms with Gasteiger partial charge in [0, 0.05) is 19.6 Å². The van der Waals surface area contributed by atoms with Crippen molar-refractivity contribution in [3.05, 3.63) is 30.5 Å². The van der Waals surface area contributed by atoms with E-state index in [-0.39, 0.29) is 30.5 Å². The molecule has 34 heavy (non-hydrogen) atoms. The summed E-state index contributed by atoms with van der Waals surface area (Å²) in [5.41, 5.74) is 0.356. The molecule has 4 rings (SSSR count). The van der Waals surface area contributed by atoms with Crippen LogP contribution in [-0.2, 0) is 14.8 Å². The molecule has 1 aliphatic heterocycles. The van der Waals surface area contributed by atoms with Gasteiger partial charge in [0.2, 0.25) is 10.0 Å². The zero-order chi connectivity index (χ0) is 24.7. The molecular weight excluding hydrogens is 503 g/mol. The molecule has 0 spiro atoms. The maximum Gasteiger partial charge on any atom is 0.573 e. The molecule has 1 aliphatic rings. The van der Waals surface area contributed by atoms with Gasteiger partial charge in [-0.1, -0.05) is 11.3 Å². The molecule has 0 saturated carbocycles. The molecule has 0 aliphatic carbocycles. The molecule has 1 aromatic carbocycles. The summed E-state index contributed by atoms with van der Waals surface area (Å²) < 4.78 is 73.4. The highest BCUT2D eigenvalue weighted by atomic mass is 32.2. The van der Waals surface area contributed by atoms with E-state index in [0.717, 1.165) is 28.6 Å². The molecule has 1 atom stereocenters. The molecule has 11 nitrogen and oxygen atoms in total. The van der Waals surface area contributed by atoms with Crippen molar-refractivity contribution in [3.8, 4) is 11.8 Å². The van der Waals surface area contributed by atoms with Crippen LogP contribution in [0.2, 0.25) is 0 Å². The van der Waals surface area contributed by atoms with E-state index in [1.54, 1.807) is 4.90 Å². The van der Waals surface area contributed by atoms with Gasteiger partial charge in [-0.2, -0.15) is 14.3 Å². The van der Waals surface area contributed by atoms with Gasteiger partial charge >= 0.3 is 18.3 Å². The van der Waals surface area contributed by atoms with Crippen LogP contribution in [0.1, 0.15) is 0 Å². The number of piperazine rings is 1. The number of sulfonamides is 1. The van der Waals surface area contributed by atoms with E-state index >= 15 is 0 Å². The van der Waals surface area contributed by atoms with E-state index in [1.807, 2.05) is 0 Å². The smallest absolute Gasteiger partial charge is 0.480 e. The van der Waals surface area contributed by atoms with Crippen LogP contribution < -0.4 is 14.4 Å². The Kier molecular flexibility index (Phi) is 6.22. The lowest BCUT2D eigenvalue weighted by Gasteiger charge is -2.38. The number of methoxy groups -OCH3 is 1. The second-order valence-corrected chi connectivity index (χ2v) is 9.88. The maximum absolute atomic E-state index is 13.1. The Morgan fingerprint density at radius 2 is 1.91 bits per heavy atom. The highest BCUT2D eigenvalue weighted by Gasteiger charge is 2.41. The lowest BCUT2D eigenvalue weighted by Crippen LogP contribution is -2.58. The van der Waals surface area contributed by atoms with Gasteiger partial charge < -0.3 is 19.5 Å². The first kappa shape index (κ1) is 23.9. The minimum absolute atomic E-state index is 0.121. The van der Waals surface area contributed by atoms with Crippen LogP contribution in [0.4, 0.5) is 18.3 Å². The van der Waals surface area contributed by atoms with Gasteiger partial charge in [-0.25, -0.2) is 13.4 Å². The standard InChI is InChI=1S/C18H16F3N5O6S2/c1-31-16-22-8-13-14(23-16)24-17(33-13)25-6-7-26(12(9-25)15(27)28)34(29,30)11-4-2-10(3-5-11)32-18(19,20)21/h2-5,8,12H,6-7,9H2,1H3,(H,27,28)/t12-/m1/s1. The lowest BCUT2D eigenvalue weighted by molar-refractivity contribution is -0.274. The zero-order valence-electron chi connectivity index (χ0n) is 17.3. The summed E-state index contributed by atoms with van der Waals surface area (Å²) in [4.78, 5) is 25.7. The second-order valence-electron chi connectivity index (χ2n) is 6.98. The molecule has 16 heteroatoms. The number of carbonyl (C=O) groups is 1. The van der Waals surface area contributed by atoms with Crippen LogP contribution in [0.25, 0.3) is 10.3 Å². The van der Waals surface area contributed by atoms with Crippen molar-refractivity contribution < 1.29 is 41.0 Å². The van der Waals surface area contributed by atoms with E-state index < -0.39 is 34.1 Å². The van der Waals surface area contributed by atoms with Gasteiger partial charge in [-0.05, 0) is 24.3 Å². The number of ether oxygens (including phenoxy) is 2. The molecule has 1 N–H and O–H groups in total. The fourth-order valence-corrected chi connectivity index (χ4v) is 5.80. The lowest BCUT2D eigenvalue weighted by atomic mass is 10.2. The first-order valence-corrected chi connectivity index (χ1v) is 11.8. The summed E-state index contributed by atoms with van der Waals surface area (Å²) in [7, 11) is -2.92. The van der Waals surface area contributed by atoms with E-state index in [1.165, 1.54) is 24.6 Å². The Bertz CT molecular complexity index is 1320. The van der Waals surface area contributed by atoms with Crippen molar-refractivity contribution in [2.75, 3.05) is 31.6 Å². The number of hydrogen-bond donors (Lipinski definition) is 1. The number of nitrogens with zero attached hydrogens (tertiary/aromatic N) is 5. The Hall–Kier alpha value is -3.24. The van der Waals surface area contributed by atoms with Gasteiger partial charge in [-0.15, -0.1) is 13.2 Å². The number of benzene rings is 1. The number of carboxylic acids is 1. The Balaban J connectivity index is 1.57. The summed E-state index contributed by atoms with van der Waals surface area (Å²) in [5, 5.41) is 10.2. The van der Waals surface area contributed by atoms with Crippen molar-refractivity contribution in [3.63, 3.8) is 0 Å². The SMILES string of the molecule is COc1ncc2sc(N3CCN(S(=O)(=O)c4ccc(OC(F)(F)F)cc4)[C@@H](C(=O)O)C3)nc2n1. The average molecular weight is 519 g/mol. The van der Waals surface area contributed by atoms with Crippen molar-refractivity contribution in [1.29, 1.82) is 0 Å². The molecule has 1 fully saturated rings. The number of alkyl halides is 3. The van der Waals surface area contributed by atoms with E-state index in [0.29, 0.717) is 15.5 Å². The monoisotopic (exact) mass is 519 g/mol. The van der Waals surface area contributed by atoms with Gasteiger partial charge in [0.15, 0.2) is 10.8 Å². The molecular formula is C18H16F3N5O6S2. The normalized spacial score (nSPS) is 17.6. The van der Waals surface area contributed by atoms with Crippen LogP contribution >= 0.6 is 11.3 Å². The second kappa shape index (κ2) is 8.84. The largest absolute Gasteiger partial charge is 0.573 e. The number of anilines is 1. The fourth-order valence-electron chi connectivity index (χ4n) is 3.32. The van der Waals surface area contributed by atoms with E-state index in [9.17, 15) is 31.5 Å². The molecule has 182 valence electrons. The van der Waals surface area contributed by atoms with Crippen LogP contribution in [-0.4, -0.2) is 77.9 Å². The third-order valence-electron chi connectivity index (χ3n) is 4.85. The summed E-state index contributed by atoms with van der Waals surface area (Å²) in [6, 6.07) is 2.22. The minimum atomic E-state index is -4.93. The van der Waals surface area contributed by atoms with Crippen molar-refractivity contribution in [2.45, 2.75) is 17.3 Å². The maximum atomic E-state index is 13.1. The first-order chi connectivity index (χ1) is 16.0. The summed E-state index contributed by atoms with van der Waals surface area (Å²) in [6.07, 6.45) is -3.41. The highest BCUT2D eigenvalue weighted by molar-refractivity contribution is 7.89. The van der Waals surface area contributed by atoms with E-state index in [4.69, 9.17) is 4.74 Å². The zero-order valence-corrected chi connectivity index (χ0v) is 18.9.